The van der Waals surface area contributed by atoms with Crippen molar-refractivity contribution < 1.29 is 4.48 Å². The quantitative estimate of drug-likeness (QED) is 0.276. The molecule has 54 valence electrons. The zero-order valence-corrected chi connectivity index (χ0v) is 6.89. The summed E-state index contributed by atoms with van der Waals surface area (Å²) in [6.45, 7) is 0. The summed E-state index contributed by atoms with van der Waals surface area (Å²) in [5.41, 5.74) is 0. The van der Waals surface area contributed by atoms with Crippen LogP contribution < -0.4 is 5.32 Å². The van der Waals surface area contributed by atoms with Gasteiger partial charge in [-0.15, -0.1) is 0 Å². The highest BCUT2D eigenvalue weighted by Gasteiger charge is 2.13. The molecule has 0 aliphatic rings. The van der Waals surface area contributed by atoms with E-state index in [0.717, 1.165) is 10.4 Å². The predicted octanol–water partition coefficient (Wildman–Crippen LogP) is -0.102. The lowest BCUT2D eigenvalue weighted by molar-refractivity contribution is -0.779. The largest absolute Gasteiger partial charge is 0.328 e. The summed E-state index contributed by atoms with van der Waals surface area (Å²) in [7, 11) is 9.87. The number of quaternary nitrogens is 1. The molecule has 0 heterocycles. The van der Waals surface area contributed by atoms with Gasteiger partial charge in [-0.3, -0.25) is 4.48 Å². The van der Waals surface area contributed by atoms with E-state index in [9.17, 15) is 0 Å². The van der Waals surface area contributed by atoms with E-state index in [4.69, 9.17) is 0 Å². The minimum Gasteiger partial charge on any atom is -0.328 e. The average Bonchev–Trinajstić information content (AvgIpc) is 1.65. The van der Waals surface area contributed by atoms with Crippen LogP contribution in [-0.2, 0) is 0 Å². The topological polar surface area (TPSA) is 24.4 Å². The van der Waals surface area contributed by atoms with Gasteiger partial charge in [-0.1, -0.05) is 0 Å². The molecule has 1 N–H and O–H groups in total. The van der Waals surface area contributed by atoms with Gasteiger partial charge in [0.15, 0.2) is 0 Å². The summed E-state index contributed by atoms with van der Waals surface area (Å²) >= 11 is 0. The van der Waals surface area contributed by atoms with Gasteiger partial charge in [-0.2, -0.15) is 0 Å². The smallest absolute Gasteiger partial charge is 0.296 e. The molecule has 0 fully saturated rings. The second-order valence-corrected chi connectivity index (χ2v) is 2.81. The van der Waals surface area contributed by atoms with Crippen molar-refractivity contribution in [1.29, 1.82) is 0 Å². The van der Waals surface area contributed by atoms with E-state index in [-0.39, 0.29) is 0 Å². The molecule has 0 rings (SSSR count). The van der Waals surface area contributed by atoms with Crippen molar-refractivity contribution >= 4 is 5.96 Å². The number of nitrogens with one attached hydrogen (secondary N) is 1. The van der Waals surface area contributed by atoms with Gasteiger partial charge >= 0.3 is 0 Å². The van der Waals surface area contributed by atoms with Gasteiger partial charge < -0.3 is 5.32 Å². The number of hydrogen-bond acceptors (Lipinski definition) is 1. The van der Waals surface area contributed by atoms with Crippen molar-refractivity contribution in [3.63, 3.8) is 0 Å². The molecule has 0 bridgehead atoms. The molecule has 0 aromatic rings. The molecule has 0 saturated heterocycles. The first kappa shape index (κ1) is 8.43. The third-order valence-corrected chi connectivity index (χ3v) is 1.07. The average molecular weight is 130 g/mol. The van der Waals surface area contributed by atoms with Crippen LogP contribution in [0.5, 0.6) is 0 Å². The fraction of sp³-hybridized carbons (Fsp3) is 0.833. The number of guanidine groups is 1. The van der Waals surface area contributed by atoms with E-state index in [1.54, 1.807) is 7.05 Å². The third-order valence-electron chi connectivity index (χ3n) is 1.07. The van der Waals surface area contributed by atoms with Gasteiger partial charge in [0.25, 0.3) is 5.96 Å². The summed E-state index contributed by atoms with van der Waals surface area (Å²) < 4.78 is 0.743. The number of aliphatic imine (C=N–C) groups is 1. The highest BCUT2D eigenvalue weighted by atomic mass is 15.4. The zero-order chi connectivity index (χ0) is 7.49. The van der Waals surface area contributed by atoms with Crippen molar-refractivity contribution in [2.24, 2.45) is 4.99 Å². The number of rotatable bonds is 0. The Hall–Kier alpha value is -0.570. The van der Waals surface area contributed by atoms with Crippen LogP contribution in [0.1, 0.15) is 0 Å². The molecule has 0 atom stereocenters. The Balaban J connectivity index is 4.14. The Bertz CT molecular complexity index is 110. The van der Waals surface area contributed by atoms with Gasteiger partial charge in [-0.25, -0.2) is 4.99 Å². The highest BCUT2D eigenvalue weighted by Crippen LogP contribution is 1.89. The van der Waals surface area contributed by atoms with Crippen molar-refractivity contribution in [3.05, 3.63) is 0 Å². The molecule has 0 spiro atoms. The molecule has 0 radical (unpaired) electrons. The molecule has 0 amide bonds. The lowest BCUT2D eigenvalue weighted by Crippen LogP contribution is -2.48. The van der Waals surface area contributed by atoms with Gasteiger partial charge in [-0.05, 0) is 0 Å². The minimum atomic E-state index is 0.743. The van der Waals surface area contributed by atoms with Crippen LogP contribution in [-0.4, -0.2) is 45.7 Å². The summed E-state index contributed by atoms with van der Waals surface area (Å²) in [6.07, 6.45) is 0. The monoisotopic (exact) mass is 130 g/mol. The van der Waals surface area contributed by atoms with E-state index in [2.05, 4.69) is 31.5 Å². The summed E-state index contributed by atoms with van der Waals surface area (Å²) in [4.78, 5) is 4.06. The molecule has 3 heteroatoms. The standard InChI is InChI=1S/C6H16N3/c1-7-6(8-2)9(3,4)5/h1-5H3,(H,7,8)/q+1. The Morgan fingerprint density at radius 2 is 1.78 bits per heavy atom. The molecule has 0 aromatic carbocycles. The van der Waals surface area contributed by atoms with Gasteiger partial charge in [0.2, 0.25) is 0 Å². The van der Waals surface area contributed by atoms with Crippen molar-refractivity contribution in [3.8, 4) is 0 Å². The highest BCUT2D eigenvalue weighted by molar-refractivity contribution is 5.72. The Morgan fingerprint density at radius 1 is 1.33 bits per heavy atom. The van der Waals surface area contributed by atoms with Crippen LogP contribution in [0.15, 0.2) is 4.99 Å². The van der Waals surface area contributed by atoms with Gasteiger partial charge in [0.05, 0.1) is 21.1 Å². The summed E-state index contributed by atoms with van der Waals surface area (Å²) in [5.74, 6) is 0.981. The maximum absolute atomic E-state index is 4.06. The first-order chi connectivity index (χ1) is 4.02. The van der Waals surface area contributed by atoms with E-state index < -0.39 is 0 Å². The van der Waals surface area contributed by atoms with Crippen LogP contribution in [0.25, 0.3) is 0 Å². The van der Waals surface area contributed by atoms with Crippen LogP contribution in [0.2, 0.25) is 0 Å². The predicted molar refractivity (Wildman–Crippen MR) is 40.5 cm³/mol. The fourth-order valence-corrected chi connectivity index (χ4v) is 0.747. The van der Waals surface area contributed by atoms with E-state index in [1.165, 1.54) is 0 Å². The molecule has 0 aliphatic heterocycles. The molecular weight excluding hydrogens is 114 g/mol. The Labute approximate surface area is 57.0 Å². The second-order valence-electron chi connectivity index (χ2n) is 2.81. The normalized spacial score (nSPS) is 13.7. The number of hydrogen-bond donors (Lipinski definition) is 1. The second kappa shape index (κ2) is 2.82. The van der Waals surface area contributed by atoms with Crippen molar-refractivity contribution in [1.82, 2.24) is 5.32 Å². The van der Waals surface area contributed by atoms with Gasteiger partial charge in [0, 0.05) is 14.1 Å². The lowest BCUT2D eigenvalue weighted by atomic mass is 10.6. The Morgan fingerprint density at radius 3 is 1.78 bits per heavy atom. The summed E-state index contributed by atoms with van der Waals surface area (Å²) in [5, 5.41) is 3.01. The van der Waals surface area contributed by atoms with Crippen molar-refractivity contribution in [2.45, 2.75) is 0 Å². The van der Waals surface area contributed by atoms with Crippen LogP contribution in [0.3, 0.4) is 0 Å². The van der Waals surface area contributed by atoms with Crippen LogP contribution >= 0.6 is 0 Å². The van der Waals surface area contributed by atoms with Crippen LogP contribution in [0, 0.1) is 0 Å². The molecular formula is C6H16N3+. The number of nitrogens with zero attached hydrogens (tertiary/aromatic N) is 2. The van der Waals surface area contributed by atoms with E-state index in [1.807, 2.05) is 7.05 Å². The molecule has 0 aromatic heterocycles. The first-order valence-corrected chi connectivity index (χ1v) is 2.99. The first-order valence-electron chi connectivity index (χ1n) is 2.99. The third kappa shape index (κ3) is 2.46. The molecule has 3 nitrogen and oxygen atoms in total. The fourth-order valence-electron chi connectivity index (χ4n) is 0.747. The maximum Gasteiger partial charge on any atom is 0.296 e. The lowest BCUT2D eigenvalue weighted by Gasteiger charge is -2.23. The molecule has 0 saturated carbocycles. The van der Waals surface area contributed by atoms with E-state index in [0.29, 0.717) is 0 Å². The molecule has 0 unspecified atom stereocenters. The molecule has 9 heavy (non-hydrogen) atoms. The van der Waals surface area contributed by atoms with Gasteiger partial charge in [0.1, 0.15) is 0 Å². The van der Waals surface area contributed by atoms with Crippen molar-refractivity contribution in [2.75, 3.05) is 35.2 Å². The molecule has 0 aliphatic carbocycles. The van der Waals surface area contributed by atoms with Crippen LogP contribution in [0.4, 0.5) is 0 Å². The minimum absolute atomic E-state index is 0.743. The van der Waals surface area contributed by atoms with E-state index >= 15 is 0 Å². The maximum atomic E-state index is 4.06. The Kier molecular flexibility index (Phi) is 2.65. The summed E-state index contributed by atoms with van der Waals surface area (Å²) in [6, 6.07) is 0. The SMILES string of the molecule is C/N=C(\NC)[N+](C)(C)C. The zero-order valence-electron chi connectivity index (χ0n) is 6.89.